The number of carbonyl (C=O) groups is 2. The minimum atomic E-state index is -0.853. The summed E-state index contributed by atoms with van der Waals surface area (Å²) in [4.78, 5) is 32.3. The zero-order chi connectivity index (χ0) is 12.4. The molecule has 6 heteroatoms. The highest BCUT2D eigenvalue weighted by molar-refractivity contribution is 6.02. The quantitative estimate of drug-likeness (QED) is 0.828. The molecule has 0 aromatic carbocycles. The van der Waals surface area contributed by atoms with Gasteiger partial charge >= 0.3 is 5.97 Å². The van der Waals surface area contributed by atoms with Gasteiger partial charge in [0.1, 0.15) is 11.6 Å². The number of fused-ring (bicyclic) bond motifs is 1. The standard InChI is InChI=1S/C11H13N3O3/c1-7-12-6-8-9(15)2-4-14(11(8)13-7)5-3-10(16)17/h6H,2-5H2,1H3,(H,16,17). The molecule has 17 heavy (non-hydrogen) atoms. The first-order valence-corrected chi connectivity index (χ1v) is 5.41. The molecule has 6 nitrogen and oxygen atoms in total. The minimum Gasteiger partial charge on any atom is -0.481 e. The van der Waals surface area contributed by atoms with Gasteiger partial charge in [-0.3, -0.25) is 9.59 Å². The Morgan fingerprint density at radius 3 is 3.06 bits per heavy atom. The fourth-order valence-electron chi connectivity index (χ4n) is 1.82. The summed E-state index contributed by atoms with van der Waals surface area (Å²) in [7, 11) is 0. The van der Waals surface area contributed by atoms with E-state index in [9.17, 15) is 9.59 Å². The molecule has 0 saturated heterocycles. The first-order chi connectivity index (χ1) is 8.08. The van der Waals surface area contributed by atoms with Crippen LogP contribution in [0.3, 0.4) is 0 Å². The van der Waals surface area contributed by atoms with Gasteiger partial charge in [0.25, 0.3) is 0 Å². The Morgan fingerprint density at radius 1 is 1.59 bits per heavy atom. The second-order valence-corrected chi connectivity index (χ2v) is 3.96. The lowest BCUT2D eigenvalue weighted by Crippen LogP contribution is -2.35. The third-order valence-corrected chi connectivity index (χ3v) is 2.69. The summed E-state index contributed by atoms with van der Waals surface area (Å²) in [6.45, 7) is 2.64. The van der Waals surface area contributed by atoms with Gasteiger partial charge in [-0.15, -0.1) is 0 Å². The van der Waals surface area contributed by atoms with Crippen molar-refractivity contribution in [3.05, 3.63) is 17.6 Å². The predicted molar refractivity (Wildman–Crippen MR) is 60.2 cm³/mol. The van der Waals surface area contributed by atoms with E-state index in [-0.39, 0.29) is 12.2 Å². The summed E-state index contributed by atoms with van der Waals surface area (Å²) in [6.07, 6.45) is 1.95. The molecule has 0 spiro atoms. The number of aliphatic carboxylic acids is 1. The van der Waals surface area contributed by atoms with E-state index in [1.54, 1.807) is 6.92 Å². The Morgan fingerprint density at radius 2 is 2.35 bits per heavy atom. The van der Waals surface area contributed by atoms with Crippen molar-refractivity contribution in [3.63, 3.8) is 0 Å². The zero-order valence-corrected chi connectivity index (χ0v) is 9.51. The summed E-state index contributed by atoms with van der Waals surface area (Å²) in [6, 6.07) is 0. The molecule has 1 aliphatic rings. The van der Waals surface area contributed by atoms with Crippen LogP contribution >= 0.6 is 0 Å². The Labute approximate surface area is 98.3 Å². The number of rotatable bonds is 3. The number of carboxylic acids is 1. The molecule has 2 rings (SSSR count). The number of aryl methyl sites for hydroxylation is 1. The van der Waals surface area contributed by atoms with E-state index in [2.05, 4.69) is 9.97 Å². The van der Waals surface area contributed by atoms with Crippen LogP contribution in [0.15, 0.2) is 6.20 Å². The number of anilines is 1. The average Bonchev–Trinajstić information content (AvgIpc) is 2.28. The monoisotopic (exact) mass is 235 g/mol. The van der Waals surface area contributed by atoms with Crippen LogP contribution in [0.5, 0.6) is 0 Å². The van der Waals surface area contributed by atoms with Crippen LogP contribution in [0.25, 0.3) is 0 Å². The van der Waals surface area contributed by atoms with Gasteiger partial charge in [0.05, 0.1) is 12.0 Å². The maximum Gasteiger partial charge on any atom is 0.305 e. The van der Waals surface area contributed by atoms with Gasteiger partial charge in [0, 0.05) is 25.7 Å². The molecular formula is C11H13N3O3. The molecule has 0 aliphatic carbocycles. The second kappa shape index (κ2) is 4.48. The molecule has 0 saturated carbocycles. The molecule has 1 aromatic rings. The Balaban J connectivity index is 2.27. The highest BCUT2D eigenvalue weighted by atomic mass is 16.4. The molecular weight excluding hydrogens is 222 g/mol. The number of hydrogen-bond acceptors (Lipinski definition) is 5. The van der Waals surface area contributed by atoms with E-state index in [1.807, 2.05) is 4.90 Å². The first-order valence-electron chi connectivity index (χ1n) is 5.41. The number of carboxylic acid groups (broad SMARTS) is 1. The summed E-state index contributed by atoms with van der Waals surface area (Å²) >= 11 is 0. The zero-order valence-electron chi connectivity index (χ0n) is 9.51. The fraction of sp³-hybridized carbons (Fsp3) is 0.455. The lowest BCUT2D eigenvalue weighted by Gasteiger charge is -2.28. The van der Waals surface area contributed by atoms with Gasteiger partial charge in [0.15, 0.2) is 5.78 Å². The van der Waals surface area contributed by atoms with Crippen molar-refractivity contribution in [2.24, 2.45) is 0 Å². The average molecular weight is 235 g/mol. The normalized spacial score (nSPS) is 14.6. The van der Waals surface area contributed by atoms with Crippen LogP contribution in [0.2, 0.25) is 0 Å². The Bertz CT molecular complexity index is 473. The summed E-state index contributed by atoms with van der Waals surface area (Å²) < 4.78 is 0. The maximum atomic E-state index is 11.7. The van der Waals surface area contributed by atoms with Crippen molar-refractivity contribution in [2.75, 3.05) is 18.0 Å². The molecule has 1 aliphatic heterocycles. The van der Waals surface area contributed by atoms with Crippen LogP contribution in [-0.4, -0.2) is 39.9 Å². The second-order valence-electron chi connectivity index (χ2n) is 3.96. The highest BCUT2D eigenvalue weighted by Gasteiger charge is 2.25. The van der Waals surface area contributed by atoms with Crippen molar-refractivity contribution in [1.29, 1.82) is 0 Å². The molecule has 1 N–H and O–H groups in total. The van der Waals surface area contributed by atoms with E-state index in [0.29, 0.717) is 36.7 Å². The molecule has 0 fully saturated rings. The fourth-order valence-corrected chi connectivity index (χ4v) is 1.82. The molecule has 0 amide bonds. The van der Waals surface area contributed by atoms with E-state index in [1.165, 1.54) is 6.20 Å². The largest absolute Gasteiger partial charge is 0.481 e. The maximum absolute atomic E-state index is 11.7. The molecule has 2 heterocycles. The van der Waals surface area contributed by atoms with Crippen LogP contribution in [0.1, 0.15) is 29.0 Å². The van der Waals surface area contributed by atoms with Gasteiger partial charge in [-0.05, 0) is 6.92 Å². The lowest BCUT2D eigenvalue weighted by atomic mass is 10.1. The molecule has 1 aromatic heterocycles. The van der Waals surface area contributed by atoms with Crippen LogP contribution < -0.4 is 4.90 Å². The molecule has 0 atom stereocenters. The first kappa shape index (κ1) is 11.5. The van der Waals surface area contributed by atoms with E-state index >= 15 is 0 Å². The van der Waals surface area contributed by atoms with E-state index in [4.69, 9.17) is 5.11 Å². The van der Waals surface area contributed by atoms with E-state index in [0.717, 1.165) is 0 Å². The van der Waals surface area contributed by atoms with Crippen molar-refractivity contribution >= 4 is 17.6 Å². The van der Waals surface area contributed by atoms with Crippen LogP contribution in [-0.2, 0) is 4.79 Å². The van der Waals surface area contributed by atoms with Crippen molar-refractivity contribution in [2.45, 2.75) is 19.8 Å². The highest BCUT2D eigenvalue weighted by Crippen LogP contribution is 2.24. The number of aromatic nitrogens is 2. The summed E-state index contributed by atoms with van der Waals surface area (Å²) in [5, 5.41) is 8.67. The van der Waals surface area contributed by atoms with Gasteiger partial charge in [-0.1, -0.05) is 0 Å². The number of Topliss-reactive ketones (excluding diaryl/α,β-unsaturated/α-hetero) is 1. The van der Waals surface area contributed by atoms with Crippen LogP contribution in [0, 0.1) is 6.92 Å². The van der Waals surface area contributed by atoms with Gasteiger partial charge in [-0.25, -0.2) is 9.97 Å². The van der Waals surface area contributed by atoms with Crippen molar-refractivity contribution < 1.29 is 14.7 Å². The Kier molecular flexibility index (Phi) is 3.03. The summed E-state index contributed by atoms with van der Waals surface area (Å²) in [5.41, 5.74) is 0.493. The topological polar surface area (TPSA) is 83.4 Å². The van der Waals surface area contributed by atoms with Crippen molar-refractivity contribution in [1.82, 2.24) is 9.97 Å². The van der Waals surface area contributed by atoms with E-state index < -0.39 is 5.97 Å². The minimum absolute atomic E-state index is 0.0200. The Hall–Kier alpha value is -1.98. The molecule has 0 bridgehead atoms. The number of nitrogens with zero attached hydrogens (tertiary/aromatic N) is 3. The number of ketones is 1. The summed E-state index contributed by atoms with van der Waals surface area (Å²) in [5.74, 6) is 0.314. The van der Waals surface area contributed by atoms with Gasteiger partial charge in [-0.2, -0.15) is 0 Å². The SMILES string of the molecule is Cc1ncc2c(n1)N(CCC(=O)O)CCC2=O. The molecule has 90 valence electrons. The van der Waals surface area contributed by atoms with Crippen LogP contribution in [0.4, 0.5) is 5.82 Å². The van der Waals surface area contributed by atoms with Gasteiger partial charge < -0.3 is 10.0 Å². The lowest BCUT2D eigenvalue weighted by molar-refractivity contribution is -0.136. The smallest absolute Gasteiger partial charge is 0.305 e. The molecule has 0 radical (unpaired) electrons. The molecule has 0 unspecified atom stereocenters. The van der Waals surface area contributed by atoms with Crippen molar-refractivity contribution in [3.8, 4) is 0 Å². The third-order valence-electron chi connectivity index (χ3n) is 2.69. The third kappa shape index (κ3) is 2.41. The number of carbonyl (C=O) groups excluding carboxylic acids is 1. The van der Waals surface area contributed by atoms with Gasteiger partial charge in [0.2, 0.25) is 0 Å². The predicted octanol–water partition coefficient (Wildman–Crippen LogP) is 0.653. The number of hydrogen-bond donors (Lipinski definition) is 1.